The van der Waals surface area contributed by atoms with E-state index in [1.165, 1.54) is 62.4 Å². The molecular formula is C27H28Cl2N4O5. The Morgan fingerprint density at radius 1 is 1.00 bits per heavy atom. The van der Waals surface area contributed by atoms with E-state index in [1.54, 1.807) is 0 Å². The Bertz CT molecular complexity index is 1440. The van der Waals surface area contributed by atoms with Crippen LogP contribution in [0.15, 0.2) is 46.1 Å². The molecule has 1 aromatic heterocycles. The second-order valence-corrected chi connectivity index (χ2v) is 10.7. The van der Waals surface area contributed by atoms with E-state index < -0.39 is 11.2 Å². The fourth-order valence-corrected chi connectivity index (χ4v) is 6.08. The molecule has 1 saturated heterocycles. The molecule has 9 nitrogen and oxygen atoms in total. The molecule has 200 valence electrons. The number of phenolic OH excluding ortho intramolecular Hbond substituents is 1. The van der Waals surface area contributed by atoms with Gasteiger partial charge >= 0.3 is 5.69 Å². The molecule has 1 amide bonds. The highest BCUT2D eigenvalue weighted by atomic mass is 35.5. The minimum Gasteiger partial charge on any atom is -0.507 e. The number of carbonyl (C=O) groups excluding carboxylic acids is 1. The maximum Gasteiger partial charge on any atom is 0.349 e. The van der Waals surface area contributed by atoms with Crippen molar-refractivity contribution in [3.05, 3.63) is 73.0 Å². The van der Waals surface area contributed by atoms with Crippen LogP contribution in [0.1, 0.15) is 55.3 Å². The number of carbonyl (C=O) groups is 1. The standard InChI is InChI=1S/C27H28Cl2N4O5/c28-21-11-18(33-27(37)31-24(35)14-30-33)12-22(29)25(21)38-19-8-9-23(34)20(13-19)26(36)32-10-4-7-17(15-32)16-5-2-1-3-6-16/h8-9,11-14,16-17,34H,1-7,10,15H2,(H,31,35,37). The molecule has 1 aliphatic heterocycles. The lowest BCUT2D eigenvalue weighted by molar-refractivity contribution is 0.0597. The summed E-state index contributed by atoms with van der Waals surface area (Å²) in [5.41, 5.74) is -0.994. The van der Waals surface area contributed by atoms with Crippen LogP contribution in [0, 0.1) is 11.8 Å². The number of H-pyrrole nitrogens is 1. The Labute approximate surface area is 229 Å². The smallest absolute Gasteiger partial charge is 0.349 e. The van der Waals surface area contributed by atoms with Crippen LogP contribution in [0.3, 0.4) is 0 Å². The van der Waals surface area contributed by atoms with Gasteiger partial charge < -0.3 is 14.7 Å². The maximum atomic E-state index is 13.4. The highest BCUT2D eigenvalue weighted by molar-refractivity contribution is 6.37. The summed E-state index contributed by atoms with van der Waals surface area (Å²) in [4.78, 5) is 40.8. The summed E-state index contributed by atoms with van der Waals surface area (Å²) in [6.07, 6.45) is 9.34. The van der Waals surface area contributed by atoms with Crippen LogP contribution in [0.5, 0.6) is 17.2 Å². The number of halogens is 2. The number of likely N-dealkylation sites (tertiary alicyclic amines) is 1. The lowest BCUT2D eigenvalue weighted by Crippen LogP contribution is -2.42. The van der Waals surface area contributed by atoms with Crippen molar-refractivity contribution in [2.75, 3.05) is 13.1 Å². The predicted molar refractivity (Wildman–Crippen MR) is 144 cm³/mol. The van der Waals surface area contributed by atoms with Crippen molar-refractivity contribution < 1.29 is 14.6 Å². The summed E-state index contributed by atoms with van der Waals surface area (Å²) >= 11 is 12.8. The van der Waals surface area contributed by atoms with Gasteiger partial charge in [0.25, 0.3) is 11.5 Å². The molecule has 1 unspecified atom stereocenters. The molecule has 2 aromatic carbocycles. The maximum absolute atomic E-state index is 13.4. The third-order valence-corrected chi connectivity index (χ3v) is 7.98. The molecule has 0 bridgehead atoms. The van der Waals surface area contributed by atoms with E-state index in [1.807, 2.05) is 4.90 Å². The molecule has 1 saturated carbocycles. The third kappa shape index (κ3) is 5.59. The molecule has 1 aliphatic carbocycles. The third-order valence-electron chi connectivity index (χ3n) is 7.42. The average Bonchev–Trinajstić information content (AvgIpc) is 2.91. The van der Waals surface area contributed by atoms with Gasteiger partial charge in [-0.1, -0.05) is 55.3 Å². The lowest BCUT2D eigenvalue weighted by Gasteiger charge is -2.38. The highest BCUT2D eigenvalue weighted by Crippen LogP contribution is 2.40. The van der Waals surface area contributed by atoms with Gasteiger partial charge in [0.15, 0.2) is 5.75 Å². The number of rotatable bonds is 5. The van der Waals surface area contributed by atoms with Crippen LogP contribution >= 0.6 is 23.2 Å². The molecule has 2 fully saturated rings. The zero-order valence-electron chi connectivity index (χ0n) is 20.7. The van der Waals surface area contributed by atoms with Crippen molar-refractivity contribution in [3.8, 4) is 22.9 Å². The highest BCUT2D eigenvalue weighted by Gasteiger charge is 2.31. The van der Waals surface area contributed by atoms with Crippen LogP contribution in [0.4, 0.5) is 0 Å². The molecule has 5 rings (SSSR count). The number of aromatic amines is 1. The van der Waals surface area contributed by atoms with Crippen molar-refractivity contribution in [3.63, 3.8) is 0 Å². The summed E-state index contributed by atoms with van der Waals surface area (Å²) in [6, 6.07) is 7.24. The molecule has 11 heteroatoms. The average molecular weight is 559 g/mol. The number of hydrogen-bond acceptors (Lipinski definition) is 6. The second kappa shape index (κ2) is 11.2. The fourth-order valence-electron chi connectivity index (χ4n) is 5.53. The Kier molecular flexibility index (Phi) is 7.76. The van der Waals surface area contributed by atoms with E-state index in [0.29, 0.717) is 24.9 Å². The first kappa shape index (κ1) is 26.3. The number of nitrogens with one attached hydrogen (secondary N) is 1. The number of ether oxygens (including phenoxy) is 1. The summed E-state index contributed by atoms with van der Waals surface area (Å²) in [5, 5.41) is 14.5. The minimum absolute atomic E-state index is 0.0831. The molecule has 2 N–H and O–H groups in total. The topological polar surface area (TPSA) is 118 Å². The summed E-state index contributed by atoms with van der Waals surface area (Å²) < 4.78 is 6.86. The molecule has 38 heavy (non-hydrogen) atoms. The number of nitrogens with zero attached hydrogens (tertiary/aromatic N) is 3. The van der Waals surface area contributed by atoms with Crippen molar-refractivity contribution in [1.29, 1.82) is 0 Å². The fraction of sp³-hybridized carbons (Fsp3) is 0.407. The van der Waals surface area contributed by atoms with Crippen LogP contribution in [-0.4, -0.2) is 43.8 Å². The van der Waals surface area contributed by atoms with Crippen molar-refractivity contribution in [2.45, 2.75) is 44.9 Å². The molecule has 3 aromatic rings. The Balaban J connectivity index is 1.36. The summed E-state index contributed by atoms with van der Waals surface area (Å²) in [5.74, 6) is 1.17. The number of hydrogen-bond donors (Lipinski definition) is 2. The minimum atomic E-state index is -0.747. The van der Waals surface area contributed by atoms with Crippen LogP contribution in [0.2, 0.25) is 10.0 Å². The lowest BCUT2D eigenvalue weighted by atomic mass is 9.76. The van der Waals surface area contributed by atoms with E-state index in [-0.39, 0.29) is 44.5 Å². The van der Waals surface area contributed by atoms with Crippen LogP contribution < -0.4 is 16.0 Å². The van der Waals surface area contributed by atoms with Crippen LogP contribution in [-0.2, 0) is 0 Å². The van der Waals surface area contributed by atoms with Gasteiger partial charge in [-0.15, -0.1) is 0 Å². The first-order valence-electron chi connectivity index (χ1n) is 12.8. The van der Waals surface area contributed by atoms with Gasteiger partial charge in [0.1, 0.15) is 17.7 Å². The van der Waals surface area contributed by atoms with E-state index >= 15 is 0 Å². The number of aromatic nitrogens is 3. The van der Waals surface area contributed by atoms with E-state index in [0.717, 1.165) is 23.7 Å². The number of amides is 1. The Hall–Kier alpha value is -3.30. The van der Waals surface area contributed by atoms with Gasteiger partial charge in [0.2, 0.25) is 0 Å². The van der Waals surface area contributed by atoms with Gasteiger partial charge in [-0.25, -0.2) is 4.79 Å². The van der Waals surface area contributed by atoms with Gasteiger partial charge in [0.05, 0.1) is 21.3 Å². The normalized spacial score (nSPS) is 18.4. The van der Waals surface area contributed by atoms with Gasteiger partial charge in [-0.3, -0.25) is 14.6 Å². The molecule has 1 atom stereocenters. The van der Waals surface area contributed by atoms with E-state index in [9.17, 15) is 19.5 Å². The molecular weight excluding hydrogens is 531 g/mol. The number of benzene rings is 2. The summed E-state index contributed by atoms with van der Waals surface area (Å²) in [6.45, 7) is 1.36. The molecule has 0 radical (unpaired) electrons. The SMILES string of the molecule is O=C(c1cc(Oc2c(Cl)cc(-n3ncc(=O)[nH]c3=O)cc2Cl)ccc1O)N1CCCC(C2CCCCC2)C1. The molecule has 2 heterocycles. The quantitative estimate of drug-likeness (QED) is 0.446. The first-order chi connectivity index (χ1) is 18.3. The van der Waals surface area contributed by atoms with Crippen molar-refractivity contribution in [2.24, 2.45) is 11.8 Å². The number of piperidine rings is 1. The van der Waals surface area contributed by atoms with E-state index in [2.05, 4.69) is 10.1 Å². The second-order valence-electron chi connectivity index (χ2n) is 9.92. The van der Waals surface area contributed by atoms with E-state index in [4.69, 9.17) is 27.9 Å². The summed E-state index contributed by atoms with van der Waals surface area (Å²) in [7, 11) is 0. The van der Waals surface area contributed by atoms with Gasteiger partial charge in [-0.05, 0) is 55.0 Å². The van der Waals surface area contributed by atoms with Gasteiger partial charge in [0, 0.05) is 13.1 Å². The van der Waals surface area contributed by atoms with Crippen molar-refractivity contribution in [1.82, 2.24) is 19.7 Å². The monoisotopic (exact) mass is 558 g/mol. The molecule has 0 spiro atoms. The van der Waals surface area contributed by atoms with Gasteiger partial charge in [-0.2, -0.15) is 9.78 Å². The zero-order valence-corrected chi connectivity index (χ0v) is 22.2. The number of phenols is 1. The zero-order chi connectivity index (χ0) is 26.8. The Morgan fingerprint density at radius 2 is 1.71 bits per heavy atom. The molecule has 2 aliphatic rings. The largest absolute Gasteiger partial charge is 0.507 e. The first-order valence-corrected chi connectivity index (χ1v) is 13.5. The predicted octanol–water partition coefficient (Wildman–Crippen LogP) is 5.16. The number of aromatic hydroxyl groups is 1. The van der Waals surface area contributed by atoms with Crippen molar-refractivity contribution >= 4 is 29.1 Å². The van der Waals surface area contributed by atoms with Crippen LogP contribution in [0.25, 0.3) is 5.69 Å². The Morgan fingerprint density at radius 3 is 2.42 bits per heavy atom.